The molecule has 3 N–H and O–H groups in total. The number of aromatic amines is 1. The van der Waals surface area contributed by atoms with Gasteiger partial charge in [-0.05, 0) is 42.7 Å². The molecule has 0 bridgehead atoms. The van der Waals surface area contributed by atoms with Crippen LogP contribution in [0.2, 0.25) is 0 Å². The molecule has 2 heterocycles. The maximum absolute atomic E-state index is 11.4. The normalized spacial score (nSPS) is 13.3. The topological polar surface area (TPSA) is 69.8 Å². The second kappa shape index (κ2) is 5.85. The molecule has 0 fully saturated rings. The summed E-state index contributed by atoms with van der Waals surface area (Å²) in [5.41, 5.74) is 6.33. The Morgan fingerprint density at radius 2 is 1.88 bits per heavy atom. The van der Waals surface area contributed by atoms with Crippen LogP contribution < -0.4 is 10.6 Å². The average Bonchev–Trinajstić information content (AvgIpc) is 3.04. The van der Waals surface area contributed by atoms with Crippen molar-refractivity contribution in [3.63, 3.8) is 0 Å². The van der Waals surface area contributed by atoms with E-state index in [1.54, 1.807) is 0 Å². The van der Waals surface area contributed by atoms with Gasteiger partial charge in [0.15, 0.2) is 5.82 Å². The first-order valence-electron chi connectivity index (χ1n) is 8.00. The molecule has 3 aromatic rings. The Labute approximate surface area is 140 Å². The number of aryl methyl sites for hydroxylation is 2. The highest BCUT2D eigenvalue weighted by Gasteiger charge is 2.15. The van der Waals surface area contributed by atoms with Crippen LogP contribution in [0.3, 0.4) is 0 Å². The van der Waals surface area contributed by atoms with Crippen molar-refractivity contribution in [1.29, 1.82) is 0 Å². The van der Waals surface area contributed by atoms with Crippen LogP contribution >= 0.6 is 0 Å². The van der Waals surface area contributed by atoms with Crippen LogP contribution in [0.25, 0.3) is 11.3 Å². The third-order valence-corrected chi connectivity index (χ3v) is 4.21. The van der Waals surface area contributed by atoms with Crippen LogP contribution in [0, 0.1) is 6.92 Å². The first-order valence-corrected chi connectivity index (χ1v) is 8.00. The smallest absolute Gasteiger partial charge is 0.224 e. The van der Waals surface area contributed by atoms with Crippen LogP contribution in [-0.4, -0.2) is 16.1 Å². The van der Waals surface area contributed by atoms with E-state index >= 15 is 0 Å². The number of benzene rings is 2. The summed E-state index contributed by atoms with van der Waals surface area (Å²) in [5.74, 6) is 0.851. The lowest BCUT2D eigenvalue weighted by molar-refractivity contribution is -0.116. The van der Waals surface area contributed by atoms with E-state index in [0.29, 0.717) is 6.42 Å². The predicted octanol–water partition coefficient (Wildman–Crippen LogP) is 4.01. The molecule has 120 valence electrons. The molecular formula is C19H18N4O. The Balaban J connectivity index is 1.54. The minimum absolute atomic E-state index is 0.0817. The Bertz CT molecular complexity index is 896. The molecule has 0 atom stereocenters. The predicted molar refractivity (Wildman–Crippen MR) is 95.4 cm³/mol. The van der Waals surface area contributed by atoms with E-state index in [1.807, 2.05) is 18.2 Å². The molecule has 0 saturated heterocycles. The molecule has 1 aliphatic heterocycles. The molecule has 0 aliphatic carbocycles. The van der Waals surface area contributed by atoms with Crippen molar-refractivity contribution in [1.82, 2.24) is 10.2 Å². The molecule has 5 heteroatoms. The van der Waals surface area contributed by atoms with Gasteiger partial charge in [-0.2, -0.15) is 5.10 Å². The average molecular weight is 318 g/mol. The number of fused-ring (bicyclic) bond motifs is 1. The molecule has 0 saturated carbocycles. The highest BCUT2D eigenvalue weighted by Crippen LogP contribution is 2.28. The summed E-state index contributed by atoms with van der Waals surface area (Å²) >= 11 is 0. The monoisotopic (exact) mass is 318 g/mol. The van der Waals surface area contributed by atoms with Gasteiger partial charge in [0, 0.05) is 23.9 Å². The fourth-order valence-electron chi connectivity index (χ4n) is 2.88. The molecule has 0 unspecified atom stereocenters. The van der Waals surface area contributed by atoms with Gasteiger partial charge in [-0.25, -0.2) is 0 Å². The number of carbonyl (C=O) groups is 1. The van der Waals surface area contributed by atoms with Gasteiger partial charge in [-0.1, -0.05) is 29.8 Å². The van der Waals surface area contributed by atoms with Crippen LogP contribution in [0.4, 0.5) is 17.2 Å². The van der Waals surface area contributed by atoms with E-state index in [1.165, 1.54) is 5.56 Å². The van der Waals surface area contributed by atoms with Gasteiger partial charge < -0.3 is 10.6 Å². The number of hydrogen-bond donors (Lipinski definition) is 3. The van der Waals surface area contributed by atoms with Crippen LogP contribution in [0.1, 0.15) is 17.5 Å². The summed E-state index contributed by atoms with van der Waals surface area (Å²) in [6.45, 7) is 2.07. The van der Waals surface area contributed by atoms with Crippen molar-refractivity contribution in [2.24, 2.45) is 0 Å². The number of aromatic nitrogens is 2. The van der Waals surface area contributed by atoms with Crippen molar-refractivity contribution in [2.45, 2.75) is 19.8 Å². The number of hydrogen-bond acceptors (Lipinski definition) is 3. The largest absolute Gasteiger partial charge is 0.339 e. The zero-order valence-corrected chi connectivity index (χ0v) is 13.4. The lowest BCUT2D eigenvalue weighted by Crippen LogP contribution is -2.18. The number of anilines is 3. The Hall–Kier alpha value is -3.08. The van der Waals surface area contributed by atoms with Gasteiger partial charge in [0.2, 0.25) is 5.91 Å². The zero-order valence-electron chi connectivity index (χ0n) is 13.4. The molecule has 5 nitrogen and oxygen atoms in total. The van der Waals surface area contributed by atoms with Crippen molar-refractivity contribution in [2.75, 3.05) is 10.6 Å². The lowest BCUT2D eigenvalue weighted by atomic mass is 10.0. The number of amides is 1. The summed E-state index contributed by atoms with van der Waals surface area (Å²) < 4.78 is 0. The van der Waals surface area contributed by atoms with Crippen molar-refractivity contribution < 1.29 is 4.79 Å². The number of nitrogens with zero attached hydrogens (tertiary/aromatic N) is 1. The molecule has 2 aromatic carbocycles. The summed E-state index contributed by atoms with van der Waals surface area (Å²) in [6.07, 6.45) is 1.31. The summed E-state index contributed by atoms with van der Waals surface area (Å²) in [6, 6.07) is 16.3. The van der Waals surface area contributed by atoms with Crippen molar-refractivity contribution in [3.8, 4) is 11.3 Å². The molecule has 1 aliphatic rings. The Morgan fingerprint density at radius 3 is 2.71 bits per heavy atom. The van der Waals surface area contributed by atoms with Crippen molar-refractivity contribution in [3.05, 3.63) is 59.7 Å². The fourth-order valence-corrected chi connectivity index (χ4v) is 2.88. The third kappa shape index (κ3) is 2.88. The van der Waals surface area contributed by atoms with Gasteiger partial charge in [0.25, 0.3) is 0 Å². The third-order valence-electron chi connectivity index (χ3n) is 4.21. The minimum atomic E-state index is 0.0817. The maximum Gasteiger partial charge on any atom is 0.224 e. The molecule has 0 radical (unpaired) electrons. The molecule has 1 amide bonds. The van der Waals surface area contributed by atoms with E-state index < -0.39 is 0 Å². The number of rotatable bonds is 3. The van der Waals surface area contributed by atoms with E-state index in [0.717, 1.165) is 40.4 Å². The summed E-state index contributed by atoms with van der Waals surface area (Å²) in [5, 5.41) is 13.6. The molecule has 1 aromatic heterocycles. The van der Waals surface area contributed by atoms with Gasteiger partial charge in [0.05, 0.1) is 5.69 Å². The minimum Gasteiger partial charge on any atom is -0.339 e. The Kier molecular flexibility index (Phi) is 3.54. The van der Waals surface area contributed by atoms with Crippen LogP contribution in [0.15, 0.2) is 48.5 Å². The van der Waals surface area contributed by atoms with Crippen molar-refractivity contribution >= 4 is 23.1 Å². The van der Waals surface area contributed by atoms with Crippen LogP contribution in [0.5, 0.6) is 0 Å². The summed E-state index contributed by atoms with van der Waals surface area (Å²) in [7, 11) is 0. The van der Waals surface area contributed by atoms with Gasteiger partial charge in [-0.3, -0.25) is 9.89 Å². The molecular weight excluding hydrogens is 300 g/mol. The van der Waals surface area contributed by atoms with Crippen LogP contribution in [-0.2, 0) is 11.2 Å². The van der Waals surface area contributed by atoms with Gasteiger partial charge in [0.1, 0.15) is 0 Å². The second-order valence-electron chi connectivity index (χ2n) is 6.08. The first kappa shape index (κ1) is 14.5. The van der Waals surface area contributed by atoms with E-state index in [-0.39, 0.29) is 5.91 Å². The quantitative estimate of drug-likeness (QED) is 0.683. The second-order valence-corrected chi connectivity index (χ2v) is 6.08. The highest BCUT2D eigenvalue weighted by atomic mass is 16.1. The molecule has 4 rings (SSSR count). The number of carbonyl (C=O) groups excluding carboxylic acids is 1. The molecule has 0 spiro atoms. The molecule has 24 heavy (non-hydrogen) atoms. The maximum atomic E-state index is 11.4. The van der Waals surface area contributed by atoms with E-state index in [4.69, 9.17) is 0 Å². The van der Waals surface area contributed by atoms with Gasteiger partial charge in [-0.15, -0.1) is 0 Å². The summed E-state index contributed by atoms with van der Waals surface area (Å²) in [4.78, 5) is 11.4. The SMILES string of the molecule is Cc1ccc(-c2cc(Nc3ccc4c(c3)CCC(=O)N4)n[nH]2)cc1. The zero-order chi connectivity index (χ0) is 16.5. The fraction of sp³-hybridized carbons (Fsp3) is 0.158. The standard InChI is InChI=1S/C19H18N4O/c1-12-2-4-13(5-3-12)17-11-18(23-22-17)20-15-7-8-16-14(10-15)6-9-19(24)21-16/h2-5,7-8,10-11H,6,9H2,1H3,(H,21,24)(H2,20,22,23). The lowest BCUT2D eigenvalue weighted by Gasteiger charge is -2.17. The number of H-pyrrole nitrogens is 1. The van der Waals surface area contributed by atoms with Gasteiger partial charge >= 0.3 is 0 Å². The van der Waals surface area contributed by atoms with E-state index in [2.05, 4.69) is 58.1 Å². The van der Waals surface area contributed by atoms with E-state index in [9.17, 15) is 4.79 Å². The highest BCUT2D eigenvalue weighted by molar-refractivity contribution is 5.94. The first-order chi connectivity index (χ1) is 11.7. The number of nitrogens with one attached hydrogen (secondary N) is 3. The Morgan fingerprint density at radius 1 is 1.04 bits per heavy atom.